The summed E-state index contributed by atoms with van der Waals surface area (Å²) in [6.45, 7) is 3.79. The number of hydrogen-bond donors (Lipinski definition) is 0. The average molecular weight is 400 g/mol. The molecule has 1 unspecified atom stereocenters. The number of furan rings is 1. The van der Waals surface area contributed by atoms with Crippen molar-refractivity contribution in [3.63, 3.8) is 0 Å². The molecule has 1 aliphatic rings. The molecule has 0 radical (unpaired) electrons. The van der Waals surface area contributed by atoms with Gasteiger partial charge in [-0.2, -0.15) is 0 Å². The minimum absolute atomic E-state index is 0.206. The molecule has 0 bridgehead atoms. The van der Waals surface area contributed by atoms with E-state index in [-0.39, 0.29) is 12.2 Å². The molecular formula is C19H16N2O4S2. The van der Waals surface area contributed by atoms with E-state index in [1.807, 2.05) is 17.5 Å². The third kappa shape index (κ3) is 3.11. The number of aromatic nitrogens is 1. The fourth-order valence-electron chi connectivity index (χ4n) is 3.01. The Morgan fingerprint density at radius 2 is 2.26 bits per heavy atom. The van der Waals surface area contributed by atoms with Crippen molar-refractivity contribution < 1.29 is 13.9 Å². The minimum atomic E-state index is -0.543. The van der Waals surface area contributed by atoms with Crippen LogP contribution in [0.3, 0.4) is 0 Å². The van der Waals surface area contributed by atoms with E-state index in [4.69, 9.17) is 9.15 Å². The van der Waals surface area contributed by atoms with Crippen LogP contribution in [0.5, 0.6) is 0 Å². The van der Waals surface area contributed by atoms with Crippen molar-refractivity contribution in [1.82, 2.24) is 4.57 Å². The first-order valence-corrected chi connectivity index (χ1v) is 10.1. The van der Waals surface area contributed by atoms with Crippen LogP contribution in [-0.2, 0) is 9.53 Å². The number of esters is 1. The van der Waals surface area contributed by atoms with Gasteiger partial charge in [-0.15, -0.1) is 11.3 Å². The van der Waals surface area contributed by atoms with Gasteiger partial charge in [0.2, 0.25) is 0 Å². The number of fused-ring (bicyclic) bond motifs is 1. The molecule has 138 valence electrons. The van der Waals surface area contributed by atoms with E-state index in [0.29, 0.717) is 26.4 Å². The molecule has 3 aromatic rings. The molecule has 0 saturated carbocycles. The topological polar surface area (TPSA) is 73.8 Å². The van der Waals surface area contributed by atoms with Gasteiger partial charge in [-0.05, 0) is 37.4 Å². The smallest absolute Gasteiger partial charge is 0.338 e. The van der Waals surface area contributed by atoms with Gasteiger partial charge < -0.3 is 9.15 Å². The normalized spacial score (nSPS) is 17.0. The van der Waals surface area contributed by atoms with Crippen molar-refractivity contribution in [3.05, 3.63) is 77.5 Å². The maximum atomic E-state index is 13.1. The molecule has 1 atom stereocenters. The molecule has 0 saturated heterocycles. The molecular weight excluding hydrogens is 384 g/mol. The number of carbonyl (C=O) groups excluding carboxylic acids is 1. The molecule has 0 amide bonds. The van der Waals surface area contributed by atoms with E-state index in [9.17, 15) is 9.59 Å². The van der Waals surface area contributed by atoms with E-state index in [1.165, 1.54) is 22.7 Å². The first-order chi connectivity index (χ1) is 13.1. The van der Waals surface area contributed by atoms with Crippen molar-refractivity contribution in [2.75, 3.05) is 6.61 Å². The third-order valence-electron chi connectivity index (χ3n) is 4.15. The Labute approximate surface area is 162 Å². The highest BCUT2D eigenvalue weighted by atomic mass is 32.1. The lowest BCUT2D eigenvalue weighted by atomic mass is 10.0. The molecule has 4 heterocycles. The fourth-order valence-corrected chi connectivity index (χ4v) is 4.86. The van der Waals surface area contributed by atoms with Crippen LogP contribution >= 0.6 is 22.7 Å². The van der Waals surface area contributed by atoms with Crippen molar-refractivity contribution in [2.24, 2.45) is 4.99 Å². The van der Waals surface area contributed by atoms with Gasteiger partial charge in [0.1, 0.15) is 11.8 Å². The second-order valence-electron chi connectivity index (χ2n) is 5.83. The Morgan fingerprint density at radius 3 is 2.93 bits per heavy atom. The Kier molecular flexibility index (Phi) is 4.67. The number of thiophene rings is 1. The van der Waals surface area contributed by atoms with Gasteiger partial charge in [-0.3, -0.25) is 9.36 Å². The number of allylic oxidation sites excluding steroid dienone is 1. The molecule has 0 fully saturated rings. The van der Waals surface area contributed by atoms with Crippen molar-refractivity contribution in [3.8, 4) is 0 Å². The summed E-state index contributed by atoms with van der Waals surface area (Å²) in [4.78, 5) is 31.7. The zero-order valence-corrected chi connectivity index (χ0v) is 16.3. The van der Waals surface area contributed by atoms with Gasteiger partial charge in [-0.25, -0.2) is 9.79 Å². The van der Waals surface area contributed by atoms with Crippen molar-refractivity contribution in [2.45, 2.75) is 19.9 Å². The molecule has 6 nitrogen and oxygen atoms in total. The molecule has 0 aliphatic carbocycles. The summed E-state index contributed by atoms with van der Waals surface area (Å²) >= 11 is 2.77. The summed E-state index contributed by atoms with van der Waals surface area (Å²) in [5, 5.41) is 1.92. The lowest BCUT2D eigenvalue weighted by molar-refractivity contribution is -0.139. The Hall–Kier alpha value is -2.71. The standard InChI is InChI=1S/C19H16N2O4S2/c1-3-24-18(23)15-11(2)20-19-21(16(15)13-7-5-9-26-13)17(22)14(27-19)10-12-6-4-8-25-12/h4-10,16H,3H2,1-2H3/b14-10+. The van der Waals surface area contributed by atoms with Gasteiger partial charge in [0, 0.05) is 11.0 Å². The Bertz CT molecular complexity index is 1180. The molecule has 0 spiro atoms. The highest BCUT2D eigenvalue weighted by Gasteiger charge is 2.33. The van der Waals surface area contributed by atoms with Crippen LogP contribution in [0.1, 0.15) is 30.5 Å². The Morgan fingerprint density at radius 1 is 1.41 bits per heavy atom. The number of thiazole rings is 1. The highest BCUT2D eigenvalue weighted by Crippen LogP contribution is 2.33. The van der Waals surface area contributed by atoms with Crippen LogP contribution in [0.25, 0.3) is 6.08 Å². The first kappa shape index (κ1) is 17.7. The maximum Gasteiger partial charge on any atom is 0.338 e. The predicted octanol–water partition coefficient (Wildman–Crippen LogP) is 2.45. The van der Waals surface area contributed by atoms with Gasteiger partial charge in [0.05, 0.1) is 28.7 Å². The monoisotopic (exact) mass is 400 g/mol. The van der Waals surface area contributed by atoms with Crippen LogP contribution in [0.4, 0.5) is 0 Å². The number of hydrogen-bond acceptors (Lipinski definition) is 7. The van der Waals surface area contributed by atoms with Crippen LogP contribution in [-0.4, -0.2) is 17.1 Å². The van der Waals surface area contributed by atoms with Crippen LogP contribution in [0.15, 0.2) is 61.4 Å². The summed E-state index contributed by atoms with van der Waals surface area (Å²) in [5.74, 6) is 0.145. The number of nitrogens with zero attached hydrogens (tertiary/aromatic N) is 2. The molecule has 4 rings (SSSR count). The molecule has 3 aromatic heterocycles. The summed E-state index contributed by atoms with van der Waals surface area (Å²) in [7, 11) is 0. The van der Waals surface area contributed by atoms with Gasteiger partial charge >= 0.3 is 5.97 Å². The molecule has 0 aromatic carbocycles. The summed E-state index contributed by atoms with van der Waals surface area (Å²) < 4.78 is 12.6. The SMILES string of the molecule is CCOC(=O)C1=C(C)N=c2s/c(=C/c3ccco3)c(=O)n2C1c1cccs1. The van der Waals surface area contributed by atoms with Crippen LogP contribution in [0, 0.1) is 0 Å². The summed E-state index contributed by atoms with van der Waals surface area (Å²) in [6.07, 6.45) is 3.25. The zero-order valence-electron chi connectivity index (χ0n) is 14.7. The van der Waals surface area contributed by atoms with E-state index >= 15 is 0 Å². The number of carbonyl (C=O) groups is 1. The second-order valence-corrected chi connectivity index (χ2v) is 7.82. The van der Waals surface area contributed by atoms with Crippen molar-refractivity contribution >= 4 is 34.7 Å². The van der Waals surface area contributed by atoms with Gasteiger partial charge in [0.15, 0.2) is 4.80 Å². The lowest BCUT2D eigenvalue weighted by Gasteiger charge is -2.23. The molecule has 0 N–H and O–H groups in total. The minimum Gasteiger partial charge on any atom is -0.465 e. The molecule has 1 aliphatic heterocycles. The van der Waals surface area contributed by atoms with E-state index in [0.717, 1.165) is 4.88 Å². The average Bonchev–Trinajstić information content (AvgIpc) is 3.38. The number of rotatable bonds is 4. The van der Waals surface area contributed by atoms with E-state index in [2.05, 4.69) is 4.99 Å². The van der Waals surface area contributed by atoms with Gasteiger partial charge in [0.25, 0.3) is 5.56 Å². The summed E-state index contributed by atoms with van der Waals surface area (Å²) in [5.41, 5.74) is 0.761. The zero-order chi connectivity index (χ0) is 19.0. The molecule has 27 heavy (non-hydrogen) atoms. The van der Waals surface area contributed by atoms with E-state index < -0.39 is 12.0 Å². The van der Waals surface area contributed by atoms with E-state index in [1.54, 1.807) is 42.9 Å². The summed E-state index contributed by atoms with van der Waals surface area (Å²) in [6, 6.07) is 6.82. The predicted molar refractivity (Wildman–Crippen MR) is 103 cm³/mol. The van der Waals surface area contributed by atoms with Crippen molar-refractivity contribution in [1.29, 1.82) is 0 Å². The largest absolute Gasteiger partial charge is 0.465 e. The van der Waals surface area contributed by atoms with Gasteiger partial charge in [-0.1, -0.05) is 17.4 Å². The van der Waals surface area contributed by atoms with Crippen LogP contribution < -0.4 is 14.9 Å². The fraction of sp³-hybridized carbons (Fsp3) is 0.211. The third-order valence-corrected chi connectivity index (χ3v) is 6.05. The lowest BCUT2D eigenvalue weighted by Crippen LogP contribution is -2.39. The van der Waals surface area contributed by atoms with Crippen LogP contribution in [0.2, 0.25) is 0 Å². The highest BCUT2D eigenvalue weighted by molar-refractivity contribution is 7.10. The Balaban J connectivity index is 1.96. The molecule has 8 heteroatoms. The first-order valence-electron chi connectivity index (χ1n) is 8.36. The quantitative estimate of drug-likeness (QED) is 0.631. The number of ether oxygens (including phenoxy) is 1. The maximum absolute atomic E-state index is 13.1. The second kappa shape index (κ2) is 7.13.